The molecule has 3 nitrogen and oxygen atoms in total. The van der Waals surface area contributed by atoms with E-state index in [2.05, 4.69) is 0 Å². The monoisotopic (exact) mass is 150 g/mol. The second-order valence-electron chi connectivity index (χ2n) is 1.98. The Bertz CT molecular complexity index is 211. The summed E-state index contributed by atoms with van der Waals surface area (Å²) in [5.41, 5.74) is 3.00. The number of hydrogen-bond donors (Lipinski definition) is 1. The Morgan fingerprint density at radius 2 is 2.09 bits per heavy atom. The molecule has 11 heavy (non-hydrogen) atoms. The Morgan fingerprint density at radius 1 is 1.36 bits per heavy atom. The summed E-state index contributed by atoms with van der Waals surface area (Å²) in [5.74, 6) is 0. The molecule has 1 radical (unpaired) electrons. The van der Waals surface area contributed by atoms with Gasteiger partial charge in [-0.25, -0.2) is 5.48 Å². The second-order valence-corrected chi connectivity index (χ2v) is 1.98. The summed E-state index contributed by atoms with van der Waals surface area (Å²) < 4.78 is 0. The lowest BCUT2D eigenvalue weighted by Gasteiger charge is -1.98. The molecule has 0 aliphatic rings. The molecular weight excluding hydrogens is 142 g/mol. The molecule has 0 aliphatic carbocycles. The predicted octanol–water partition coefficient (Wildman–Crippen LogP) is 0.775. The topological polar surface area (TPSA) is 38.3 Å². The minimum atomic E-state index is 0.371. The zero-order chi connectivity index (χ0) is 7.94. The Morgan fingerprint density at radius 3 is 2.73 bits per heavy atom. The Hall–Kier alpha value is -1.35. The summed E-state index contributed by atoms with van der Waals surface area (Å²) in [5, 5.41) is 0. The second kappa shape index (κ2) is 4.46. The standard InChI is InChI=1S/C8H8NO2/c10-7-9-11-6-8-4-2-1-3-5-8/h1-5H,6H2,(H,9,10). The van der Waals surface area contributed by atoms with E-state index in [1.54, 1.807) is 0 Å². The fraction of sp³-hybridized carbons (Fsp3) is 0.125. The summed E-state index contributed by atoms with van der Waals surface area (Å²) in [6.07, 6.45) is 1.42. The molecule has 0 spiro atoms. The molecule has 3 heteroatoms. The average Bonchev–Trinajstić information content (AvgIpc) is 2.07. The molecule has 0 heterocycles. The van der Waals surface area contributed by atoms with Crippen molar-refractivity contribution in [1.29, 1.82) is 0 Å². The van der Waals surface area contributed by atoms with Crippen LogP contribution in [0.15, 0.2) is 30.3 Å². The van der Waals surface area contributed by atoms with Crippen LogP contribution in [0.2, 0.25) is 0 Å². The first-order valence-corrected chi connectivity index (χ1v) is 3.21. The van der Waals surface area contributed by atoms with Crippen molar-refractivity contribution in [2.24, 2.45) is 0 Å². The maximum atomic E-state index is 9.63. The van der Waals surface area contributed by atoms with Crippen LogP contribution in [0.1, 0.15) is 5.56 Å². The molecular formula is C8H8NO2. The highest BCUT2D eigenvalue weighted by atomic mass is 16.6. The minimum Gasteiger partial charge on any atom is -0.268 e. The lowest BCUT2D eigenvalue weighted by molar-refractivity contribution is 0.0692. The van der Waals surface area contributed by atoms with E-state index in [-0.39, 0.29) is 0 Å². The van der Waals surface area contributed by atoms with Crippen molar-refractivity contribution in [2.75, 3.05) is 0 Å². The van der Waals surface area contributed by atoms with Crippen LogP contribution in [-0.4, -0.2) is 6.41 Å². The fourth-order valence-electron chi connectivity index (χ4n) is 0.723. The average molecular weight is 150 g/mol. The van der Waals surface area contributed by atoms with Gasteiger partial charge in [-0.1, -0.05) is 30.3 Å². The minimum absolute atomic E-state index is 0.371. The Labute approximate surface area is 64.9 Å². The van der Waals surface area contributed by atoms with Gasteiger partial charge in [0.25, 0.3) is 0 Å². The van der Waals surface area contributed by atoms with E-state index < -0.39 is 0 Å². The largest absolute Gasteiger partial charge is 0.335 e. The summed E-state index contributed by atoms with van der Waals surface area (Å²) in [4.78, 5) is 14.3. The van der Waals surface area contributed by atoms with Crippen molar-refractivity contribution >= 4 is 6.41 Å². The number of benzene rings is 1. The molecule has 0 bridgehead atoms. The molecule has 1 amide bonds. The third-order valence-corrected chi connectivity index (χ3v) is 1.20. The lowest BCUT2D eigenvalue weighted by atomic mass is 10.2. The first-order chi connectivity index (χ1) is 5.43. The van der Waals surface area contributed by atoms with E-state index in [1.807, 2.05) is 35.8 Å². The molecule has 0 atom stereocenters. The summed E-state index contributed by atoms with van der Waals surface area (Å²) in [7, 11) is 0. The van der Waals surface area contributed by atoms with Crippen LogP contribution in [-0.2, 0) is 16.2 Å². The van der Waals surface area contributed by atoms with Gasteiger partial charge in [-0.05, 0) is 5.56 Å². The molecule has 0 unspecified atom stereocenters. The van der Waals surface area contributed by atoms with Crippen molar-refractivity contribution in [3.63, 3.8) is 0 Å². The van der Waals surface area contributed by atoms with Crippen molar-refractivity contribution in [1.82, 2.24) is 5.48 Å². The van der Waals surface area contributed by atoms with E-state index in [1.165, 1.54) is 6.41 Å². The highest BCUT2D eigenvalue weighted by molar-refractivity contribution is 5.44. The van der Waals surface area contributed by atoms with E-state index in [9.17, 15) is 4.79 Å². The number of hydroxylamine groups is 1. The summed E-state index contributed by atoms with van der Waals surface area (Å²) >= 11 is 0. The van der Waals surface area contributed by atoms with Crippen LogP contribution in [0.25, 0.3) is 0 Å². The van der Waals surface area contributed by atoms with Gasteiger partial charge in [0.05, 0.1) is 6.61 Å². The molecule has 0 saturated heterocycles. The van der Waals surface area contributed by atoms with Crippen LogP contribution in [0, 0.1) is 0 Å². The van der Waals surface area contributed by atoms with Crippen molar-refractivity contribution in [3.8, 4) is 0 Å². The van der Waals surface area contributed by atoms with Gasteiger partial charge >= 0.3 is 6.41 Å². The molecule has 0 aromatic heterocycles. The maximum absolute atomic E-state index is 9.63. The molecule has 57 valence electrons. The highest BCUT2D eigenvalue weighted by Crippen LogP contribution is 1.98. The Kier molecular flexibility index (Phi) is 3.15. The third-order valence-electron chi connectivity index (χ3n) is 1.20. The van der Waals surface area contributed by atoms with Crippen LogP contribution in [0.5, 0.6) is 0 Å². The molecule has 1 aromatic carbocycles. The smallest absolute Gasteiger partial charge is 0.268 e. The molecule has 1 N–H and O–H groups in total. The van der Waals surface area contributed by atoms with Crippen LogP contribution in [0.4, 0.5) is 0 Å². The highest BCUT2D eigenvalue weighted by Gasteiger charge is 1.88. The SMILES string of the molecule is O=[C]NOCc1ccccc1. The van der Waals surface area contributed by atoms with E-state index >= 15 is 0 Å². The summed E-state index contributed by atoms with van der Waals surface area (Å²) in [6.45, 7) is 0.371. The van der Waals surface area contributed by atoms with Gasteiger partial charge in [0.2, 0.25) is 0 Å². The zero-order valence-corrected chi connectivity index (χ0v) is 5.91. The van der Waals surface area contributed by atoms with Crippen molar-refractivity contribution in [2.45, 2.75) is 6.61 Å². The maximum Gasteiger partial charge on any atom is 0.335 e. The first kappa shape index (κ1) is 7.75. The first-order valence-electron chi connectivity index (χ1n) is 3.21. The fourth-order valence-corrected chi connectivity index (χ4v) is 0.723. The number of rotatable bonds is 4. The number of nitrogens with one attached hydrogen (secondary N) is 1. The van der Waals surface area contributed by atoms with Gasteiger partial charge in [0, 0.05) is 0 Å². The molecule has 0 aliphatic heterocycles. The number of amides is 1. The number of carbonyl (C=O) groups excluding carboxylic acids is 1. The number of hydrogen-bond acceptors (Lipinski definition) is 2. The van der Waals surface area contributed by atoms with Crippen LogP contribution < -0.4 is 5.48 Å². The molecule has 0 fully saturated rings. The van der Waals surface area contributed by atoms with Gasteiger partial charge in [-0.3, -0.25) is 9.63 Å². The van der Waals surface area contributed by atoms with Gasteiger partial charge in [-0.15, -0.1) is 0 Å². The zero-order valence-electron chi connectivity index (χ0n) is 5.91. The van der Waals surface area contributed by atoms with Gasteiger partial charge in [0.15, 0.2) is 0 Å². The van der Waals surface area contributed by atoms with Crippen LogP contribution in [0.3, 0.4) is 0 Å². The van der Waals surface area contributed by atoms with E-state index in [0.717, 1.165) is 5.56 Å². The third kappa shape index (κ3) is 2.82. The quantitative estimate of drug-likeness (QED) is 0.391. The normalized spacial score (nSPS) is 9.09. The van der Waals surface area contributed by atoms with Crippen molar-refractivity contribution < 1.29 is 9.63 Å². The van der Waals surface area contributed by atoms with Crippen LogP contribution >= 0.6 is 0 Å². The van der Waals surface area contributed by atoms with Gasteiger partial charge in [0.1, 0.15) is 0 Å². The Balaban J connectivity index is 2.33. The lowest BCUT2D eigenvalue weighted by Crippen LogP contribution is -2.10. The van der Waals surface area contributed by atoms with Gasteiger partial charge in [-0.2, -0.15) is 0 Å². The van der Waals surface area contributed by atoms with E-state index in [0.29, 0.717) is 6.61 Å². The molecule has 1 aromatic rings. The van der Waals surface area contributed by atoms with E-state index in [4.69, 9.17) is 4.84 Å². The predicted molar refractivity (Wildman–Crippen MR) is 40.1 cm³/mol. The van der Waals surface area contributed by atoms with Gasteiger partial charge < -0.3 is 0 Å². The molecule has 1 rings (SSSR count). The molecule has 0 saturated carbocycles. The summed E-state index contributed by atoms with van der Waals surface area (Å²) in [6, 6.07) is 9.55. The van der Waals surface area contributed by atoms with Crippen molar-refractivity contribution in [3.05, 3.63) is 35.9 Å².